The Morgan fingerprint density at radius 3 is 2.45 bits per heavy atom. The summed E-state index contributed by atoms with van der Waals surface area (Å²) >= 11 is 1.36. The van der Waals surface area contributed by atoms with Gasteiger partial charge in [0.1, 0.15) is 18.5 Å². The number of carbonyl (C=O) groups is 1. The van der Waals surface area contributed by atoms with Gasteiger partial charge < -0.3 is 14.9 Å². The van der Waals surface area contributed by atoms with E-state index < -0.39 is 6.10 Å². The van der Waals surface area contributed by atoms with E-state index in [0.717, 1.165) is 11.3 Å². The van der Waals surface area contributed by atoms with Crippen LogP contribution >= 0.6 is 11.8 Å². The second kappa shape index (κ2) is 9.73. The molecule has 0 saturated carbocycles. The van der Waals surface area contributed by atoms with E-state index in [1.54, 1.807) is 17.0 Å². The molecule has 1 heterocycles. The standard InChI is InChI=1S/C22H24N2O4S/c1-15(2)23-22-24(17-6-4-3-5-7-17)21(27)20(29-22)12-16-8-10-19(11-9-16)28-14-18(26)13-25/h3-12,15,18,25-26H,13-14H2,1-2H3/b20-12-,23-22?. The maximum atomic E-state index is 13.1. The van der Waals surface area contributed by atoms with Crippen LogP contribution in [0.1, 0.15) is 19.4 Å². The number of amidine groups is 1. The Morgan fingerprint density at radius 1 is 1.14 bits per heavy atom. The Morgan fingerprint density at radius 2 is 1.83 bits per heavy atom. The van der Waals surface area contributed by atoms with Gasteiger partial charge in [0, 0.05) is 6.04 Å². The number of nitrogens with zero attached hydrogens (tertiary/aromatic N) is 2. The summed E-state index contributed by atoms with van der Waals surface area (Å²) in [5, 5.41) is 18.9. The van der Waals surface area contributed by atoms with E-state index >= 15 is 0 Å². The van der Waals surface area contributed by atoms with Crippen molar-refractivity contribution in [1.29, 1.82) is 0 Å². The van der Waals surface area contributed by atoms with Gasteiger partial charge in [0.2, 0.25) is 0 Å². The molecule has 0 aromatic heterocycles. The molecule has 1 fully saturated rings. The third-order valence-corrected chi connectivity index (χ3v) is 5.00. The summed E-state index contributed by atoms with van der Waals surface area (Å²) < 4.78 is 5.41. The Balaban J connectivity index is 1.81. The summed E-state index contributed by atoms with van der Waals surface area (Å²) in [6.07, 6.45) is 0.921. The number of hydrogen-bond donors (Lipinski definition) is 2. The Hall–Kier alpha value is -2.61. The number of anilines is 1. The first-order chi connectivity index (χ1) is 14.0. The molecule has 0 radical (unpaired) electrons. The molecule has 0 spiro atoms. The molecule has 1 unspecified atom stereocenters. The molecular weight excluding hydrogens is 388 g/mol. The number of benzene rings is 2. The number of thioether (sulfide) groups is 1. The maximum absolute atomic E-state index is 13.1. The van der Waals surface area contributed by atoms with Crippen molar-refractivity contribution < 1.29 is 19.7 Å². The highest BCUT2D eigenvalue weighted by Gasteiger charge is 2.34. The molecule has 152 valence electrons. The molecule has 29 heavy (non-hydrogen) atoms. The lowest BCUT2D eigenvalue weighted by Gasteiger charge is -2.16. The fraction of sp³-hybridized carbons (Fsp3) is 0.273. The quantitative estimate of drug-likeness (QED) is 0.682. The SMILES string of the molecule is CC(C)N=C1S/C(=C\c2ccc(OCC(O)CO)cc2)C(=O)N1c1ccccc1. The molecule has 2 aromatic rings. The zero-order valence-electron chi connectivity index (χ0n) is 16.4. The van der Waals surface area contributed by atoms with Crippen molar-refractivity contribution in [2.24, 2.45) is 4.99 Å². The topological polar surface area (TPSA) is 82.4 Å². The zero-order chi connectivity index (χ0) is 20.8. The van der Waals surface area contributed by atoms with Crippen molar-refractivity contribution in [2.75, 3.05) is 18.1 Å². The van der Waals surface area contributed by atoms with Gasteiger partial charge in [0.25, 0.3) is 5.91 Å². The summed E-state index contributed by atoms with van der Waals surface area (Å²) in [6, 6.07) is 16.8. The van der Waals surface area contributed by atoms with Crippen molar-refractivity contribution in [2.45, 2.75) is 26.0 Å². The molecule has 3 rings (SSSR count). The van der Waals surface area contributed by atoms with Crippen LogP contribution in [0.3, 0.4) is 0 Å². The number of hydrogen-bond acceptors (Lipinski definition) is 6. The van der Waals surface area contributed by atoms with Gasteiger partial charge >= 0.3 is 0 Å². The first-order valence-electron chi connectivity index (χ1n) is 9.36. The zero-order valence-corrected chi connectivity index (χ0v) is 17.2. The van der Waals surface area contributed by atoms with E-state index in [2.05, 4.69) is 4.99 Å². The van der Waals surface area contributed by atoms with Crippen LogP contribution in [0.25, 0.3) is 6.08 Å². The first kappa shape index (κ1) is 21.1. The van der Waals surface area contributed by atoms with Gasteiger partial charge in [-0.3, -0.25) is 14.7 Å². The molecule has 1 aliphatic heterocycles. The van der Waals surface area contributed by atoms with Crippen LogP contribution in [0.2, 0.25) is 0 Å². The Bertz CT molecular complexity index is 895. The molecule has 6 nitrogen and oxygen atoms in total. The molecule has 2 N–H and O–H groups in total. The summed E-state index contributed by atoms with van der Waals surface area (Å²) in [7, 11) is 0. The molecule has 1 aliphatic rings. The van der Waals surface area contributed by atoms with Crippen LogP contribution in [-0.4, -0.2) is 46.6 Å². The van der Waals surface area contributed by atoms with Gasteiger partial charge in [-0.1, -0.05) is 30.3 Å². The molecular formula is C22H24N2O4S. The van der Waals surface area contributed by atoms with E-state index in [1.807, 2.05) is 62.4 Å². The largest absolute Gasteiger partial charge is 0.491 e. The van der Waals surface area contributed by atoms with Crippen molar-refractivity contribution in [1.82, 2.24) is 0 Å². The van der Waals surface area contributed by atoms with Crippen molar-refractivity contribution >= 4 is 34.6 Å². The van der Waals surface area contributed by atoms with Crippen LogP contribution in [0.4, 0.5) is 5.69 Å². The Labute approximate surface area is 174 Å². The maximum Gasteiger partial charge on any atom is 0.271 e. The number of carbonyl (C=O) groups excluding carboxylic acids is 1. The summed E-state index contributed by atoms with van der Waals surface area (Å²) in [4.78, 5) is 19.9. The van der Waals surface area contributed by atoms with Crippen molar-refractivity contribution in [3.8, 4) is 5.75 Å². The van der Waals surface area contributed by atoms with Crippen molar-refractivity contribution in [3.63, 3.8) is 0 Å². The van der Waals surface area contributed by atoms with Crippen LogP contribution < -0.4 is 9.64 Å². The van der Waals surface area contributed by atoms with E-state index in [9.17, 15) is 9.90 Å². The molecule has 2 aromatic carbocycles. The smallest absolute Gasteiger partial charge is 0.271 e. The fourth-order valence-corrected chi connectivity index (χ4v) is 3.76. The normalized spacial score (nSPS) is 18.1. The number of ether oxygens (including phenoxy) is 1. The minimum atomic E-state index is -0.910. The lowest BCUT2D eigenvalue weighted by molar-refractivity contribution is -0.113. The predicted octanol–water partition coefficient (Wildman–Crippen LogP) is 3.30. The second-order valence-electron chi connectivity index (χ2n) is 6.81. The first-order valence-corrected chi connectivity index (χ1v) is 10.2. The molecule has 0 aliphatic carbocycles. The minimum Gasteiger partial charge on any atom is -0.491 e. The van der Waals surface area contributed by atoms with Gasteiger partial charge in [-0.05, 0) is 61.5 Å². The fourth-order valence-electron chi connectivity index (χ4n) is 2.64. The van der Waals surface area contributed by atoms with Crippen LogP contribution in [0, 0.1) is 0 Å². The third-order valence-electron chi connectivity index (χ3n) is 4.02. The van der Waals surface area contributed by atoms with Crippen LogP contribution in [0.5, 0.6) is 5.75 Å². The van der Waals surface area contributed by atoms with Crippen LogP contribution in [-0.2, 0) is 4.79 Å². The summed E-state index contributed by atoms with van der Waals surface area (Å²) in [5.41, 5.74) is 1.65. The number of rotatable bonds is 7. The van der Waals surface area contributed by atoms with Gasteiger partial charge in [0.05, 0.1) is 17.2 Å². The van der Waals surface area contributed by atoms with Gasteiger partial charge in [-0.2, -0.15) is 0 Å². The van der Waals surface area contributed by atoms with Gasteiger partial charge in [-0.15, -0.1) is 0 Å². The monoisotopic (exact) mass is 412 g/mol. The van der Waals surface area contributed by atoms with Gasteiger partial charge in [0.15, 0.2) is 5.17 Å². The Kier molecular flexibility index (Phi) is 7.09. The average Bonchev–Trinajstić information content (AvgIpc) is 3.01. The molecule has 1 atom stereocenters. The van der Waals surface area contributed by atoms with E-state index in [-0.39, 0.29) is 25.2 Å². The third kappa shape index (κ3) is 5.47. The lowest BCUT2D eigenvalue weighted by atomic mass is 10.2. The molecule has 1 saturated heterocycles. The molecule has 7 heteroatoms. The lowest BCUT2D eigenvalue weighted by Crippen LogP contribution is -2.29. The number of aliphatic hydroxyl groups excluding tert-OH is 2. The number of para-hydroxylation sites is 1. The second-order valence-corrected chi connectivity index (χ2v) is 7.82. The van der Waals surface area contributed by atoms with Gasteiger partial charge in [-0.25, -0.2) is 0 Å². The number of aliphatic hydroxyl groups is 2. The molecule has 0 bridgehead atoms. The molecule has 1 amide bonds. The average molecular weight is 413 g/mol. The van der Waals surface area contributed by atoms with Crippen LogP contribution in [0.15, 0.2) is 64.5 Å². The highest BCUT2D eigenvalue weighted by molar-refractivity contribution is 8.19. The highest BCUT2D eigenvalue weighted by Crippen LogP contribution is 2.36. The van der Waals surface area contributed by atoms with E-state index in [0.29, 0.717) is 15.8 Å². The predicted molar refractivity (Wildman–Crippen MR) is 117 cm³/mol. The number of amides is 1. The highest BCUT2D eigenvalue weighted by atomic mass is 32.2. The summed E-state index contributed by atoms with van der Waals surface area (Å²) in [6.45, 7) is 3.64. The minimum absolute atomic E-state index is 0.0202. The summed E-state index contributed by atoms with van der Waals surface area (Å²) in [5.74, 6) is 0.477. The van der Waals surface area contributed by atoms with E-state index in [1.165, 1.54) is 11.8 Å². The van der Waals surface area contributed by atoms with E-state index in [4.69, 9.17) is 9.84 Å². The van der Waals surface area contributed by atoms with Crippen molar-refractivity contribution in [3.05, 3.63) is 65.1 Å². The number of aliphatic imine (C=N–C) groups is 1.